The first-order valence-corrected chi connectivity index (χ1v) is 4.63. The van der Waals surface area contributed by atoms with Gasteiger partial charge in [0.05, 0.1) is 10.4 Å². The van der Waals surface area contributed by atoms with Gasteiger partial charge in [-0.15, -0.1) is 0 Å². The summed E-state index contributed by atoms with van der Waals surface area (Å²) in [4.78, 5) is 0. The molecule has 0 aromatic carbocycles. The van der Waals surface area contributed by atoms with Crippen LogP contribution in [0.15, 0.2) is 0 Å². The third-order valence-electron chi connectivity index (χ3n) is 1.53. The Morgan fingerprint density at radius 3 is 1.78 bits per heavy atom. The van der Waals surface area contributed by atoms with E-state index in [0.717, 1.165) is 12.0 Å². The van der Waals surface area contributed by atoms with E-state index in [-0.39, 0.29) is 0 Å². The Labute approximate surface area is 61.9 Å². The summed E-state index contributed by atoms with van der Waals surface area (Å²) in [6, 6.07) is 0.749. The number of rotatable bonds is 3. The molecule has 0 saturated heterocycles. The van der Waals surface area contributed by atoms with Crippen molar-refractivity contribution in [2.45, 2.75) is 33.7 Å². The maximum absolute atomic E-state index is 2.50. The van der Waals surface area contributed by atoms with Gasteiger partial charge in [-0.05, 0) is 18.5 Å². The fourth-order valence-corrected chi connectivity index (χ4v) is 1.52. The van der Waals surface area contributed by atoms with E-state index in [1.165, 1.54) is 16.9 Å². The first-order valence-electron chi connectivity index (χ1n) is 3.74. The van der Waals surface area contributed by atoms with Gasteiger partial charge in [-0.2, -0.15) is 0 Å². The van der Waals surface area contributed by atoms with Crippen molar-refractivity contribution in [1.29, 1.82) is 0 Å². The Bertz CT molecular complexity index is 71.3. The Kier molecular flexibility index (Phi) is 4.15. The highest BCUT2D eigenvalue weighted by molar-refractivity contribution is 6.04. The highest BCUT2D eigenvalue weighted by Gasteiger charge is 2.03. The van der Waals surface area contributed by atoms with Crippen LogP contribution < -0.4 is 0 Å². The highest BCUT2D eigenvalue weighted by atomic mass is 28.2. The van der Waals surface area contributed by atoms with E-state index in [1.54, 1.807) is 0 Å². The first kappa shape index (κ1) is 9.18. The summed E-state index contributed by atoms with van der Waals surface area (Å²) in [5.74, 6) is 0.824. The maximum Gasteiger partial charge on any atom is 0.0787 e. The average Bonchev–Trinajstić information content (AvgIpc) is 1.63. The fourth-order valence-electron chi connectivity index (χ4n) is 0.787. The van der Waals surface area contributed by atoms with Crippen molar-refractivity contribution in [1.82, 2.24) is 4.57 Å². The summed E-state index contributed by atoms with van der Waals surface area (Å²) in [7, 11) is 1.20. The lowest BCUT2D eigenvalue weighted by Gasteiger charge is -2.23. The van der Waals surface area contributed by atoms with Crippen molar-refractivity contribution in [3.63, 3.8) is 0 Å². The molecule has 1 nitrogen and oxygen atoms in total. The molecule has 0 heterocycles. The maximum atomic E-state index is 2.50. The van der Waals surface area contributed by atoms with Crippen LogP contribution in [0.3, 0.4) is 0 Å². The predicted octanol–water partition coefficient (Wildman–Crippen LogP) is 0.633. The summed E-state index contributed by atoms with van der Waals surface area (Å²) in [6.45, 7) is 10.3. The second-order valence-electron chi connectivity index (χ2n) is 3.43. The van der Waals surface area contributed by atoms with E-state index in [4.69, 9.17) is 0 Å². The summed E-state index contributed by atoms with van der Waals surface area (Å²) >= 11 is 0. The molecule has 0 aromatic heterocycles. The number of hydrogen-bond acceptors (Lipinski definition) is 1. The zero-order valence-electron chi connectivity index (χ0n) is 7.31. The van der Waals surface area contributed by atoms with E-state index < -0.39 is 0 Å². The highest BCUT2D eigenvalue weighted by Crippen LogP contribution is 1.98. The molecule has 0 aromatic rings. The van der Waals surface area contributed by atoms with Crippen molar-refractivity contribution in [2.75, 3.05) is 6.54 Å². The molecular weight excluding hydrogens is 126 g/mol. The van der Waals surface area contributed by atoms with Gasteiger partial charge in [0.2, 0.25) is 0 Å². The predicted molar refractivity (Wildman–Crippen MR) is 46.6 cm³/mol. The van der Waals surface area contributed by atoms with Crippen LogP contribution in [-0.2, 0) is 0 Å². The molecule has 0 saturated carbocycles. The Morgan fingerprint density at radius 2 is 1.67 bits per heavy atom. The van der Waals surface area contributed by atoms with Crippen molar-refractivity contribution in [3.05, 3.63) is 0 Å². The van der Waals surface area contributed by atoms with Crippen LogP contribution in [0, 0.1) is 5.92 Å². The molecule has 0 aliphatic carbocycles. The van der Waals surface area contributed by atoms with Crippen LogP contribution in [0.5, 0.6) is 0 Å². The molecule has 0 rings (SSSR count). The zero-order valence-corrected chi connectivity index (χ0v) is 9.31. The van der Waals surface area contributed by atoms with E-state index in [0.29, 0.717) is 0 Å². The van der Waals surface area contributed by atoms with Gasteiger partial charge in [0.1, 0.15) is 0 Å². The largest absolute Gasteiger partial charge is 0.330 e. The molecule has 0 fully saturated rings. The Hall–Kier alpha value is 0.177. The van der Waals surface area contributed by atoms with Gasteiger partial charge >= 0.3 is 0 Å². The molecule has 2 heteroatoms. The molecular formula is C7H19NSi. The molecule has 0 unspecified atom stereocenters. The van der Waals surface area contributed by atoms with Crippen LogP contribution in [0.4, 0.5) is 0 Å². The zero-order chi connectivity index (χ0) is 7.44. The summed E-state index contributed by atoms with van der Waals surface area (Å²) in [5.41, 5.74) is 0. The van der Waals surface area contributed by atoms with Crippen molar-refractivity contribution >= 4 is 10.4 Å². The van der Waals surface area contributed by atoms with Crippen LogP contribution in [0.25, 0.3) is 0 Å². The smallest absolute Gasteiger partial charge is 0.0787 e. The van der Waals surface area contributed by atoms with E-state index >= 15 is 0 Å². The van der Waals surface area contributed by atoms with Gasteiger partial charge in [-0.25, -0.2) is 0 Å². The van der Waals surface area contributed by atoms with E-state index in [1.807, 2.05) is 0 Å². The lowest BCUT2D eigenvalue weighted by atomic mass is 10.2. The van der Waals surface area contributed by atoms with Gasteiger partial charge in [0.25, 0.3) is 0 Å². The standard InChI is InChI=1S/C7H19NSi/c1-6(2)5-8(9)7(3)4/h6-7H,5H2,1-4,9H3. The summed E-state index contributed by atoms with van der Waals surface area (Å²) in [5, 5.41) is 0. The minimum Gasteiger partial charge on any atom is -0.330 e. The number of nitrogens with zero attached hydrogens (tertiary/aromatic N) is 1. The van der Waals surface area contributed by atoms with Crippen LogP contribution >= 0.6 is 0 Å². The number of hydrogen-bond donors (Lipinski definition) is 0. The lowest BCUT2D eigenvalue weighted by molar-refractivity contribution is 0.337. The van der Waals surface area contributed by atoms with Crippen LogP contribution in [-0.4, -0.2) is 27.6 Å². The molecule has 0 amide bonds. The van der Waals surface area contributed by atoms with Gasteiger partial charge < -0.3 is 4.57 Å². The SMILES string of the molecule is CC(C)CN([SiH3])C(C)C. The third-order valence-corrected chi connectivity index (χ3v) is 2.93. The fraction of sp³-hybridized carbons (Fsp3) is 1.00. The van der Waals surface area contributed by atoms with Crippen LogP contribution in [0.1, 0.15) is 27.7 Å². The minimum absolute atomic E-state index is 0.749. The molecule has 9 heavy (non-hydrogen) atoms. The topological polar surface area (TPSA) is 3.24 Å². The van der Waals surface area contributed by atoms with Gasteiger partial charge in [0.15, 0.2) is 0 Å². The molecule has 0 radical (unpaired) electrons. The van der Waals surface area contributed by atoms with Crippen molar-refractivity contribution < 1.29 is 0 Å². The molecule has 0 spiro atoms. The Balaban J connectivity index is 3.38. The van der Waals surface area contributed by atoms with E-state index in [2.05, 4.69) is 32.3 Å². The minimum atomic E-state index is 0.749. The third kappa shape index (κ3) is 4.67. The molecule has 0 bridgehead atoms. The molecule has 56 valence electrons. The quantitative estimate of drug-likeness (QED) is 0.527. The van der Waals surface area contributed by atoms with E-state index in [9.17, 15) is 0 Å². The average molecular weight is 145 g/mol. The van der Waals surface area contributed by atoms with Crippen molar-refractivity contribution in [3.8, 4) is 0 Å². The second-order valence-corrected chi connectivity index (χ2v) is 4.58. The normalized spacial score (nSPS) is 12.3. The summed E-state index contributed by atoms with van der Waals surface area (Å²) in [6.07, 6.45) is 0. The lowest BCUT2D eigenvalue weighted by Crippen LogP contribution is -2.31. The molecule has 0 aliphatic rings. The van der Waals surface area contributed by atoms with Crippen molar-refractivity contribution in [2.24, 2.45) is 5.92 Å². The monoisotopic (exact) mass is 145 g/mol. The van der Waals surface area contributed by atoms with Gasteiger partial charge in [-0.3, -0.25) is 0 Å². The summed E-state index contributed by atoms with van der Waals surface area (Å²) < 4.78 is 2.50. The van der Waals surface area contributed by atoms with Crippen LogP contribution in [0.2, 0.25) is 0 Å². The molecule has 0 N–H and O–H groups in total. The second kappa shape index (κ2) is 4.07. The Morgan fingerprint density at radius 1 is 1.22 bits per heavy atom. The first-order chi connectivity index (χ1) is 4.04. The van der Waals surface area contributed by atoms with Gasteiger partial charge in [0, 0.05) is 0 Å². The molecule has 0 aliphatic heterocycles. The molecule has 0 atom stereocenters. The van der Waals surface area contributed by atoms with Gasteiger partial charge in [-0.1, -0.05) is 27.7 Å².